The standard InChI is InChI=1S/C10H17N5O2/c1-3-4-12-7-5-8(15-10(11)14-7)13-6-9(16)17-2/h5H,3-4,6H2,1-2H3,(H4,11,12,13,14,15). The van der Waals surface area contributed by atoms with Crippen molar-refractivity contribution in [2.45, 2.75) is 13.3 Å². The van der Waals surface area contributed by atoms with E-state index in [-0.39, 0.29) is 18.5 Å². The number of aromatic nitrogens is 2. The number of nitrogens with one attached hydrogen (secondary N) is 2. The van der Waals surface area contributed by atoms with Crippen LogP contribution in [0.4, 0.5) is 17.6 Å². The van der Waals surface area contributed by atoms with Crippen LogP contribution in [0.15, 0.2) is 6.07 Å². The van der Waals surface area contributed by atoms with Crippen molar-refractivity contribution >= 4 is 23.6 Å². The number of anilines is 3. The van der Waals surface area contributed by atoms with E-state index in [1.165, 1.54) is 7.11 Å². The third-order valence-electron chi connectivity index (χ3n) is 1.94. The Morgan fingerprint density at radius 2 is 2.06 bits per heavy atom. The predicted molar refractivity (Wildman–Crippen MR) is 65.7 cm³/mol. The fourth-order valence-electron chi connectivity index (χ4n) is 1.13. The van der Waals surface area contributed by atoms with Crippen molar-refractivity contribution in [2.75, 3.05) is 36.6 Å². The molecule has 0 saturated carbocycles. The normalized spacial score (nSPS) is 9.76. The Morgan fingerprint density at radius 3 is 2.65 bits per heavy atom. The Balaban J connectivity index is 2.65. The first-order valence-electron chi connectivity index (χ1n) is 5.34. The van der Waals surface area contributed by atoms with Crippen LogP contribution in [-0.2, 0) is 9.53 Å². The number of carbonyl (C=O) groups excluding carboxylic acids is 1. The van der Waals surface area contributed by atoms with Gasteiger partial charge < -0.3 is 21.1 Å². The molecule has 1 rings (SSSR count). The van der Waals surface area contributed by atoms with Crippen LogP contribution in [0, 0.1) is 0 Å². The van der Waals surface area contributed by atoms with Gasteiger partial charge in [0.1, 0.15) is 18.2 Å². The largest absolute Gasteiger partial charge is 0.468 e. The Labute approximate surface area is 99.8 Å². The van der Waals surface area contributed by atoms with E-state index in [4.69, 9.17) is 5.73 Å². The summed E-state index contributed by atoms with van der Waals surface area (Å²) in [4.78, 5) is 18.9. The van der Waals surface area contributed by atoms with Crippen molar-refractivity contribution in [2.24, 2.45) is 0 Å². The SMILES string of the molecule is CCCNc1cc(NCC(=O)OC)nc(N)n1. The molecule has 1 aromatic rings. The Morgan fingerprint density at radius 1 is 1.41 bits per heavy atom. The lowest BCUT2D eigenvalue weighted by molar-refractivity contribution is -0.138. The highest BCUT2D eigenvalue weighted by Gasteiger charge is 2.04. The Hall–Kier alpha value is -2.05. The van der Waals surface area contributed by atoms with Crippen LogP contribution in [0.2, 0.25) is 0 Å². The maximum absolute atomic E-state index is 11.0. The molecule has 0 amide bonds. The molecule has 0 aromatic carbocycles. The minimum absolute atomic E-state index is 0.0418. The Kier molecular flexibility index (Phi) is 4.99. The zero-order valence-electron chi connectivity index (χ0n) is 9.99. The third-order valence-corrected chi connectivity index (χ3v) is 1.94. The van der Waals surface area contributed by atoms with Gasteiger partial charge in [0.2, 0.25) is 5.95 Å². The molecule has 0 saturated heterocycles. The van der Waals surface area contributed by atoms with Crippen LogP contribution >= 0.6 is 0 Å². The number of methoxy groups -OCH3 is 1. The Bertz CT molecular complexity index is 383. The lowest BCUT2D eigenvalue weighted by Crippen LogP contribution is -2.16. The van der Waals surface area contributed by atoms with Gasteiger partial charge in [-0.15, -0.1) is 0 Å². The molecule has 0 aliphatic rings. The van der Waals surface area contributed by atoms with Gasteiger partial charge in [0, 0.05) is 12.6 Å². The first-order chi connectivity index (χ1) is 8.15. The second kappa shape index (κ2) is 6.51. The second-order valence-electron chi connectivity index (χ2n) is 3.35. The van der Waals surface area contributed by atoms with Crippen molar-refractivity contribution in [3.8, 4) is 0 Å². The predicted octanol–water partition coefficient (Wildman–Crippen LogP) is 0.466. The van der Waals surface area contributed by atoms with Gasteiger partial charge >= 0.3 is 5.97 Å². The number of hydrogen-bond donors (Lipinski definition) is 3. The fraction of sp³-hybridized carbons (Fsp3) is 0.500. The van der Waals surface area contributed by atoms with Gasteiger partial charge in [-0.05, 0) is 6.42 Å². The van der Waals surface area contributed by atoms with Crippen LogP contribution < -0.4 is 16.4 Å². The number of nitrogen functional groups attached to an aromatic ring is 1. The summed E-state index contributed by atoms with van der Waals surface area (Å²) in [5, 5.41) is 5.90. The van der Waals surface area contributed by atoms with Crippen LogP contribution in [0.3, 0.4) is 0 Å². The molecule has 0 atom stereocenters. The molecule has 17 heavy (non-hydrogen) atoms. The quantitative estimate of drug-likeness (QED) is 0.620. The zero-order valence-corrected chi connectivity index (χ0v) is 9.99. The van der Waals surface area contributed by atoms with Crippen molar-refractivity contribution in [3.05, 3.63) is 6.07 Å². The number of nitrogens with two attached hydrogens (primary N) is 1. The highest BCUT2D eigenvalue weighted by Crippen LogP contribution is 2.12. The van der Waals surface area contributed by atoms with Crippen molar-refractivity contribution in [1.82, 2.24) is 9.97 Å². The maximum atomic E-state index is 11.0. The summed E-state index contributed by atoms with van der Waals surface area (Å²) >= 11 is 0. The van der Waals surface area contributed by atoms with E-state index >= 15 is 0 Å². The molecular formula is C10H17N5O2. The van der Waals surface area contributed by atoms with Gasteiger partial charge in [0.25, 0.3) is 0 Å². The van der Waals surface area contributed by atoms with Crippen LogP contribution in [0.25, 0.3) is 0 Å². The fourth-order valence-corrected chi connectivity index (χ4v) is 1.13. The van der Waals surface area contributed by atoms with Gasteiger partial charge in [-0.25, -0.2) is 0 Å². The van der Waals surface area contributed by atoms with E-state index in [2.05, 4.69) is 25.3 Å². The van der Waals surface area contributed by atoms with Gasteiger partial charge in [-0.1, -0.05) is 6.92 Å². The zero-order chi connectivity index (χ0) is 12.7. The van der Waals surface area contributed by atoms with Crippen molar-refractivity contribution in [1.29, 1.82) is 0 Å². The average molecular weight is 239 g/mol. The van der Waals surface area contributed by atoms with Gasteiger partial charge in [-0.2, -0.15) is 9.97 Å². The smallest absolute Gasteiger partial charge is 0.325 e. The van der Waals surface area contributed by atoms with Crippen molar-refractivity contribution < 1.29 is 9.53 Å². The molecule has 0 fully saturated rings. The minimum Gasteiger partial charge on any atom is -0.468 e. The molecule has 0 aliphatic heterocycles. The molecular weight excluding hydrogens is 222 g/mol. The highest BCUT2D eigenvalue weighted by molar-refractivity contribution is 5.74. The first kappa shape index (κ1) is 13.0. The van der Waals surface area contributed by atoms with Gasteiger partial charge in [0.05, 0.1) is 7.11 Å². The average Bonchev–Trinajstić information content (AvgIpc) is 2.32. The molecule has 0 aliphatic carbocycles. The summed E-state index contributed by atoms with van der Waals surface area (Å²) in [7, 11) is 1.33. The summed E-state index contributed by atoms with van der Waals surface area (Å²) in [5.74, 6) is 0.900. The molecule has 7 heteroatoms. The van der Waals surface area contributed by atoms with E-state index in [1.807, 2.05) is 6.92 Å². The lowest BCUT2D eigenvalue weighted by atomic mass is 10.4. The van der Waals surface area contributed by atoms with E-state index in [0.29, 0.717) is 11.6 Å². The number of rotatable bonds is 6. The second-order valence-corrected chi connectivity index (χ2v) is 3.35. The molecule has 1 aromatic heterocycles. The van der Waals surface area contributed by atoms with Crippen LogP contribution in [0.1, 0.15) is 13.3 Å². The number of esters is 1. The molecule has 1 heterocycles. The van der Waals surface area contributed by atoms with Gasteiger partial charge in [-0.3, -0.25) is 4.79 Å². The minimum atomic E-state index is -0.370. The highest BCUT2D eigenvalue weighted by atomic mass is 16.5. The van der Waals surface area contributed by atoms with E-state index in [9.17, 15) is 4.79 Å². The first-order valence-corrected chi connectivity index (χ1v) is 5.34. The number of nitrogens with zero attached hydrogens (tertiary/aromatic N) is 2. The number of ether oxygens (including phenoxy) is 1. The van der Waals surface area contributed by atoms with Gasteiger partial charge in [0.15, 0.2) is 0 Å². The van der Waals surface area contributed by atoms with E-state index in [0.717, 1.165) is 13.0 Å². The molecule has 0 radical (unpaired) electrons. The lowest BCUT2D eigenvalue weighted by Gasteiger charge is -2.08. The third kappa shape index (κ3) is 4.54. The summed E-state index contributed by atoms with van der Waals surface area (Å²) in [6.45, 7) is 2.89. The van der Waals surface area contributed by atoms with E-state index < -0.39 is 0 Å². The maximum Gasteiger partial charge on any atom is 0.325 e. The molecule has 7 nitrogen and oxygen atoms in total. The number of hydrogen-bond acceptors (Lipinski definition) is 7. The van der Waals surface area contributed by atoms with Crippen LogP contribution in [0.5, 0.6) is 0 Å². The summed E-state index contributed by atoms with van der Waals surface area (Å²) in [6.07, 6.45) is 0.981. The molecule has 4 N–H and O–H groups in total. The summed E-state index contributed by atoms with van der Waals surface area (Å²) in [6, 6.07) is 1.69. The van der Waals surface area contributed by atoms with Crippen LogP contribution in [-0.4, -0.2) is 36.1 Å². The van der Waals surface area contributed by atoms with Crippen molar-refractivity contribution in [3.63, 3.8) is 0 Å². The summed E-state index contributed by atoms with van der Waals surface area (Å²) in [5.41, 5.74) is 5.55. The van der Waals surface area contributed by atoms with E-state index in [1.54, 1.807) is 6.07 Å². The number of carbonyl (C=O) groups is 1. The summed E-state index contributed by atoms with van der Waals surface area (Å²) < 4.78 is 4.51. The monoisotopic (exact) mass is 239 g/mol. The molecule has 0 spiro atoms. The molecule has 0 bridgehead atoms. The molecule has 0 unspecified atom stereocenters. The molecule has 94 valence electrons. The topological polar surface area (TPSA) is 102 Å².